The highest BCUT2D eigenvalue weighted by molar-refractivity contribution is 6.13. The molecular weight excluding hydrogens is 166 g/mol. The Balaban J connectivity index is 2.63. The molecule has 2 rings (SSSR count). The number of rotatable bonds is 0. The molecule has 0 saturated heterocycles. The first kappa shape index (κ1) is 7.98. The smallest absolute Gasteiger partial charge is 0.252 e. The fourth-order valence-electron chi connectivity index (χ4n) is 1.44. The van der Waals surface area contributed by atoms with Crippen LogP contribution in [0.2, 0.25) is 0 Å². The summed E-state index contributed by atoms with van der Waals surface area (Å²) in [7, 11) is 0. The predicted octanol–water partition coefficient (Wildman–Crippen LogP) is 0.921. The van der Waals surface area contributed by atoms with Crippen molar-refractivity contribution in [1.29, 1.82) is 0 Å². The van der Waals surface area contributed by atoms with E-state index in [4.69, 9.17) is 0 Å². The van der Waals surface area contributed by atoms with Gasteiger partial charge in [-0.15, -0.1) is 0 Å². The average molecular weight is 175 g/mol. The SMILES string of the molecule is Cc1ccc2c(c1)C(=O)CNC2=O. The first-order chi connectivity index (χ1) is 6.18. The highest BCUT2D eigenvalue weighted by Crippen LogP contribution is 2.15. The van der Waals surface area contributed by atoms with Crippen molar-refractivity contribution in [3.63, 3.8) is 0 Å². The van der Waals surface area contributed by atoms with E-state index in [-0.39, 0.29) is 18.2 Å². The largest absolute Gasteiger partial charge is 0.345 e. The van der Waals surface area contributed by atoms with Gasteiger partial charge in [0.2, 0.25) is 0 Å². The summed E-state index contributed by atoms with van der Waals surface area (Å²) in [5.41, 5.74) is 2.03. The minimum atomic E-state index is -0.158. The molecule has 13 heavy (non-hydrogen) atoms. The Morgan fingerprint density at radius 2 is 2.00 bits per heavy atom. The number of fused-ring (bicyclic) bond motifs is 1. The lowest BCUT2D eigenvalue weighted by Gasteiger charge is -2.15. The fourth-order valence-corrected chi connectivity index (χ4v) is 1.44. The van der Waals surface area contributed by atoms with E-state index < -0.39 is 0 Å². The molecule has 1 aromatic rings. The maximum atomic E-state index is 11.4. The van der Waals surface area contributed by atoms with E-state index in [2.05, 4.69) is 5.32 Å². The third-order valence-corrected chi connectivity index (χ3v) is 2.13. The number of benzene rings is 1. The Morgan fingerprint density at radius 3 is 2.77 bits per heavy atom. The standard InChI is InChI=1S/C10H9NO2/c1-6-2-3-7-8(4-6)9(12)5-11-10(7)13/h2-4H,5H2,1H3,(H,11,13). The lowest BCUT2D eigenvalue weighted by Crippen LogP contribution is -2.36. The van der Waals surface area contributed by atoms with E-state index >= 15 is 0 Å². The van der Waals surface area contributed by atoms with Crippen LogP contribution in [0.4, 0.5) is 0 Å². The predicted molar refractivity (Wildman–Crippen MR) is 47.8 cm³/mol. The van der Waals surface area contributed by atoms with Crippen LogP contribution >= 0.6 is 0 Å². The topological polar surface area (TPSA) is 46.2 Å². The molecule has 0 aromatic heterocycles. The maximum Gasteiger partial charge on any atom is 0.252 e. The molecule has 0 saturated carbocycles. The number of carbonyl (C=O) groups excluding carboxylic acids is 2. The van der Waals surface area contributed by atoms with Gasteiger partial charge in [-0.25, -0.2) is 0 Å². The van der Waals surface area contributed by atoms with Gasteiger partial charge in [0.1, 0.15) is 0 Å². The zero-order valence-corrected chi connectivity index (χ0v) is 7.26. The Labute approximate surface area is 75.8 Å². The lowest BCUT2D eigenvalue weighted by atomic mass is 9.97. The van der Waals surface area contributed by atoms with E-state index in [9.17, 15) is 9.59 Å². The number of nitrogens with one attached hydrogen (secondary N) is 1. The number of hydrogen-bond acceptors (Lipinski definition) is 2. The molecule has 1 aliphatic heterocycles. The van der Waals surface area contributed by atoms with Crippen molar-refractivity contribution in [3.05, 3.63) is 34.9 Å². The van der Waals surface area contributed by atoms with Crippen LogP contribution in [0.15, 0.2) is 18.2 Å². The summed E-state index contributed by atoms with van der Waals surface area (Å²) < 4.78 is 0. The van der Waals surface area contributed by atoms with Crippen molar-refractivity contribution < 1.29 is 9.59 Å². The first-order valence-electron chi connectivity index (χ1n) is 4.10. The van der Waals surface area contributed by atoms with Gasteiger partial charge in [0.05, 0.1) is 12.1 Å². The highest BCUT2D eigenvalue weighted by Gasteiger charge is 2.22. The molecule has 1 aromatic carbocycles. The van der Waals surface area contributed by atoms with Gasteiger partial charge in [-0.1, -0.05) is 11.6 Å². The maximum absolute atomic E-state index is 11.4. The summed E-state index contributed by atoms with van der Waals surface area (Å²) in [5, 5.41) is 2.52. The van der Waals surface area contributed by atoms with Gasteiger partial charge in [-0.3, -0.25) is 9.59 Å². The average Bonchev–Trinajstić information content (AvgIpc) is 2.12. The summed E-state index contributed by atoms with van der Waals surface area (Å²) >= 11 is 0. The van der Waals surface area contributed by atoms with Crippen LogP contribution in [0, 0.1) is 6.92 Å². The van der Waals surface area contributed by atoms with Crippen molar-refractivity contribution >= 4 is 11.7 Å². The van der Waals surface area contributed by atoms with E-state index in [1.54, 1.807) is 12.1 Å². The number of hydrogen-bond donors (Lipinski definition) is 1. The third kappa shape index (κ3) is 1.22. The van der Waals surface area contributed by atoms with Crippen LogP contribution in [0.25, 0.3) is 0 Å². The minimum Gasteiger partial charge on any atom is -0.345 e. The zero-order chi connectivity index (χ0) is 9.42. The molecule has 0 fully saturated rings. The second-order valence-electron chi connectivity index (χ2n) is 3.15. The number of aryl methyl sites for hydroxylation is 1. The molecule has 0 spiro atoms. The molecule has 1 amide bonds. The molecule has 1 N–H and O–H groups in total. The van der Waals surface area contributed by atoms with Gasteiger partial charge in [0, 0.05) is 5.56 Å². The number of carbonyl (C=O) groups is 2. The summed E-state index contributed by atoms with van der Waals surface area (Å²) in [5.74, 6) is -0.173. The number of Topliss-reactive ketones (excluding diaryl/α,β-unsaturated/α-hetero) is 1. The fraction of sp³-hybridized carbons (Fsp3) is 0.200. The molecule has 3 heteroatoms. The van der Waals surface area contributed by atoms with Gasteiger partial charge in [0.15, 0.2) is 5.78 Å². The molecule has 0 atom stereocenters. The van der Waals surface area contributed by atoms with E-state index in [0.717, 1.165) is 5.56 Å². The Kier molecular flexibility index (Phi) is 1.65. The third-order valence-electron chi connectivity index (χ3n) is 2.13. The highest BCUT2D eigenvalue weighted by atomic mass is 16.2. The van der Waals surface area contributed by atoms with E-state index in [1.807, 2.05) is 13.0 Å². The van der Waals surface area contributed by atoms with Crippen LogP contribution in [0.5, 0.6) is 0 Å². The second kappa shape index (κ2) is 2.69. The first-order valence-corrected chi connectivity index (χ1v) is 4.10. The summed E-state index contributed by atoms with van der Waals surface area (Å²) in [6, 6.07) is 5.28. The van der Waals surface area contributed by atoms with Crippen molar-refractivity contribution in [3.8, 4) is 0 Å². The Morgan fingerprint density at radius 1 is 1.23 bits per heavy atom. The molecule has 0 bridgehead atoms. The van der Waals surface area contributed by atoms with Crippen molar-refractivity contribution in [2.24, 2.45) is 0 Å². The molecule has 0 unspecified atom stereocenters. The molecule has 0 aliphatic carbocycles. The lowest BCUT2D eigenvalue weighted by molar-refractivity contribution is 0.0877. The van der Waals surface area contributed by atoms with E-state index in [0.29, 0.717) is 11.1 Å². The van der Waals surface area contributed by atoms with Gasteiger partial charge < -0.3 is 5.32 Å². The van der Waals surface area contributed by atoms with Crippen LogP contribution in [-0.4, -0.2) is 18.2 Å². The van der Waals surface area contributed by atoms with Crippen molar-refractivity contribution in [2.45, 2.75) is 6.92 Å². The molecule has 1 aliphatic rings. The van der Waals surface area contributed by atoms with Crippen molar-refractivity contribution in [1.82, 2.24) is 5.32 Å². The van der Waals surface area contributed by atoms with Gasteiger partial charge in [-0.05, 0) is 19.1 Å². The zero-order valence-electron chi connectivity index (χ0n) is 7.26. The quantitative estimate of drug-likeness (QED) is 0.637. The van der Waals surface area contributed by atoms with Crippen LogP contribution in [-0.2, 0) is 0 Å². The molecular formula is C10H9NO2. The molecule has 66 valence electrons. The monoisotopic (exact) mass is 175 g/mol. The summed E-state index contributed by atoms with van der Waals surface area (Å²) in [6.45, 7) is 2.02. The van der Waals surface area contributed by atoms with Crippen LogP contribution < -0.4 is 5.32 Å². The van der Waals surface area contributed by atoms with Gasteiger partial charge in [0.25, 0.3) is 5.91 Å². The minimum absolute atomic E-state index is 0.0155. The number of amides is 1. The molecule has 0 radical (unpaired) electrons. The Hall–Kier alpha value is -1.64. The van der Waals surface area contributed by atoms with Crippen LogP contribution in [0.1, 0.15) is 26.3 Å². The van der Waals surface area contributed by atoms with E-state index in [1.165, 1.54) is 0 Å². The van der Waals surface area contributed by atoms with Crippen LogP contribution in [0.3, 0.4) is 0 Å². The Bertz CT molecular complexity index is 396. The van der Waals surface area contributed by atoms with Gasteiger partial charge in [-0.2, -0.15) is 0 Å². The molecule has 1 heterocycles. The molecule has 3 nitrogen and oxygen atoms in total. The normalized spacial score (nSPS) is 15.2. The van der Waals surface area contributed by atoms with Crippen molar-refractivity contribution in [2.75, 3.05) is 6.54 Å². The second-order valence-corrected chi connectivity index (χ2v) is 3.15. The number of ketones is 1. The van der Waals surface area contributed by atoms with Gasteiger partial charge >= 0.3 is 0 Å². The summed E-state index contributed by atoms with van der Waals surface area (Å²) in [6.07, 6.45) is 0. The summed E-state index contributed by atoms with van der Waals surface area (Å²) in [4.78, 5) is 22.6.